The molecule has 0 spiro atoms. The molecular weight excluding hydrogens is 216 g/mol. The highest BCUT2D eigenvalue weighted by Crippen LogP contribution is 2.12. The van der Waals surface area contributed by atoms with Gasteiger partial charge in [-0.2, -0.15) is 0 Å². The standard InChI is InChI=1S/C13H20N2O2/c1-3-11(4-2)15(9-10-16)13(17)12-7-5-6-8-14-12/h5-8,11,16H,3-4,9-10H2,1-2H3. The number of rotatable bonds is 6. The van der Waals surface area contributed by atoms with E-state index in [0.29, 0.717) is 12.2 Å². The Kier molecular flexibility index (Phi) is 5.63. The van der Waals surface area contributed by atoms with E-state index in [-0.39, 0.29) is 18.6 Å². The highest BCUT2D eigenvalue weighted by atomic mass is 16.3. The number of aromatic nitrogens is 1. The van der Waals surface area contributed by atoms with Crippen LogP contribution in [0.2, 0.25) is 0 Å². The Morgan fingerprint density at radius 1 is 1.41 bits per heavy atom. The summed E-state index contributed by atoms with van der Waals surface area (Å²) in [5, 5.41) is 9.06. The van der Waals surface area contributed by atoms with Crippen molar-refractivity contribution in [3.63, 3.8) is 0 Å². The molecule has 1 aromatic heterocycles. The summed E-state index contributed by atoms with van der Waals surface area (Å²) in [6.45, 7) is 4.44. The van der Waals surface area contributed by atoms with Gasteiger partial charge in [-0.1, -0.05) is 19.9 Å². The summed E-state index contributed by atoms with van der Waals surface area (Å²) in [4.78, 5) is 18.0. The van der Waals surface area contributed by atoms with Crippen molar-refractivity contribution in [2.45, 2.75) is 32.7 Å². The van der Waals surface area contributed by atoms with Crippen molar-refractivity contribution in [3.8, 4) is 0 Å². The summed E-state index contributed by atoms with van der Waals surface area (Å²) in [6.07, 6.45) is 3.38. The average Bonchev–Trinajstić information content (AvgIpc) is 2.39. The lowest BCUT2D eigenvalue weighted by Crippen LogP contribution is -2.41. The lowest BCUT2D eigenvalue weighted by Gasteiger charge is -2.29. The van der Waals surface area contributed by atoms with Crippen molar-refractivity contribution < 1.29 is 9.90 Å². The second-order valence-electron chi connectivity index (χ2n) is 3.91. The Hall–Kier alpha value is -1.42. The topological polar surface area (TPSA) is 53.4 Å². The van der Waals surface area contributed by atoms with Crippen molar-refractivity contribution >= 4 is 5.91 Å². The normalized spacial score (nSPS) is 10.6. The summed E-state index contributed by atoms with van der Waals surface area (Å²) in [6, 6.07) is 5.44. The molecule has 0 aliphatic rings. The van der Waals surface area contributed by atoms with Gasteiger partial charge in [0.25, 0.3) is 5.91 Å². The van der Waals surface area contributed by atoms with Gasteiger partial charge in [0.15, 0.2) is 0 Å². The van der Waals surface area contributed by atoms with Crippen LogP contribution >= 0.6 is 0 Å². The van der Waals surface area contributed by atoms with Crippen LogP contribution in [-0.4, -0.2) is 40.1 Å². The van der Waals surface area contributed by atoms with Gasteiger partial charge < -0.3 is 10.0 Å². The minimum Gasteiger partial charge on any atom is -0.395 e. The highest BCUT2D eigenvalue weighted by Gasteiger charge is 2.22. The third kappa shape index (κ3) is 3.53. The predicted molar refractivity (Wildman–Crippen MR) is 66.7 cm³/mol. The van der Waals surface area contributed by atoms with E-state index < -0.39 is 0 Å². The van der Waals surface area contributed by atoms with Crippen LogP contribution in [0.4, 0.5) is 0 Å². The summed E-state index contributed by atoms with van der Waals surface area (Å²) >= 11 is 0. The molecule has 1 N–H and O–H groups in total. The zero-order valence-corrected chi connectivity index (χ0v) is 10.5. The first kappa shape index (κ1) is 13.6. The molecule has 0 aromatic carbocycles. The minimum absolute atomic E-state index is 0.0188. The molecule has 0 atom stereocenters. The van der Waals surface area contributed by atoms with Crippen LogP contribution in [0, 0.1) is 0 Å². The van der Waals surface area contributed by atoms with E-state index in [1.54, 1.807) is 29.3 Å². The first-order valence-electron chi connectivity index (χ1n) is 6.07. The monoisotopic (exact) mass is 236 g/mol. The molecule has 0 aliphatic heterocycles. The quantitative estimate of drug-likeness (QED) is 0.818. The zero-order valence-electron chi connectivity index (χ0n) is 10.5. The maximum absolute atomic E-state index is 12.2. The number of carbonyl (C=O) groups is 1. The van der Waals surface area contributed by atoms with Crippen LogP contribution in [-0.2, 0) is 0 Å². The smallest absolute Gasteiger partial charge is 0.272 e. The van der Waals surface area contributed by atoms with Gasteiger partial charge in [-0.05, 0) is 25.0 Å². The van der Waals surface area contributed by atoms with Gasteiger partial charge >= 0.3 is 0 Å². The number of pyridine rings is 1. The second-order valence-corrected chi connectivity index (χ2v) is 3.91. The molecule has 0 fully saturated rings. The lowest BCUT2D eigenvalue weighted by atomic mass is 10.1. The molecule has 4 heteroatoms. The van der Waals surface area contributed by atoms with Crippen molar-refractivity contribution in [3.05, 3.63) is 30.1 Å². The molecule has 4 nitrogen and oxygen atoms in total. The van der Waals surface area contributed by atoms with Gasteiger partial charge in [0.1, 0.15) is 5.69 Å². The van der Waals surface area contributed by atoms with Crippen molar-refractivity contribution in [2.24, 2.45) is 0 Å². The molecule has 0 bridgehead atoms. The lowest BCUT2D eigenvalue weighted by molar-refractivity contribution is 0.0616. The van der Waals surface area contributed by atoms with E-state index in [0.717, 1.165) is 12.8 Å². The summed E-state index contributed by atoms with van der Waals surface area (Å²) in [7, 11) is 0. The van der Waals surface area contributed by atoms with Crippen LogP contribution in [0.3, 0.4) is 0 Å². The van der Waals surface area contributed by atoms with E-state index in [9.17, 15) is 4.79 Å². The van der Waals surface area contributed by atoms with Crippen LogP contribution in [0.1, 0.15) is 37.2 Å². The molecular formula is C13H20N2O2. The van der Waals surface area contributed by atoms with E-state index >= 15 is 0 Å². The second kappa shape index (κ2) is 7.01. The number of nitrogens with zero attached hydrogens (tertiary/aromatic N) is 2. The number of amides is 1. The summed E-state index contributed by atoms with van der Waals surface area (Å²) in [5.41, 5.74) is 0.438. The van der Waals surface area contributed by atoms with Crippen LogP contribution in [0.5, 0.6) is 0 Å². The Balaban J connectivity index is 2.87. The van der Waals surface area contributed by atoms with E-state index in [4.69, 9.17) is 5.11 Å². The Labute approximate surface area is 102 Å². The van der Waals surface area contributed by atoms with Crippen molar-refractivity contribution in [1.82, 2.24) is 9.88 Å². The van der Waals surface area contributed by atoms with Crippen molar-refractivity contribution in [2.75, 3.05) is 13.2 Å². The Morgan fingerprint density at radius 3 is 2.59 bits per heavy atom. The minimum atomic E-state index is -0.103. The molecule has 17 heavy (non-hydrogen) atoms. The molecule has 1 amide bonds. The molecule has 0 unspecified atom stereocenters. The van der Waals surface area contributed by atoms with Crippen molar-refractivity contribution in [1.29, 1.82) is 0 Å². The number of hydrogen-bond acceptors (Lipinski definition) is 3. The molecule has 94 valence electrons. The average molecular weight is 236 g/mol. The maximum atomic E-state index is 12.2. The molecule has 0 aliphatic carbocycles. The molecule has 0 saturated heterocycles. The van der Waals surface area contributed by atoms with Gasteiger partial charge in [-0.25, -0.2) is 0 Å². The number of hydrogen-bond donors (Lipinski definition) is 1. The predicted octanol–water partition coefficient (Wildman–Crippen LogP) is 1.70. The number of aliphatic hydroxyl groups is 1. The van der Waals surface area contributed by atoms with Gasteiger partial charge in [-0.3, -0.25) is 9.78 Å². The van der Waals surface area contributed by atoms with E-state index in [2.05, 4.69) is 4.98 Å². The number of carbonyl (C=O) groups excluding carboxylic acids is 1. The van der Waals surface area contributed by atoms with Gasteiger partial charge in [0, 0.05) is 18.8 Å². The van der Waals surface area contributed by atoms with E-state index in [1.807, 2.05) is 13.8 Å². The summed E-state index contributed by atoms with van der Waals surface area (Å²) < 4.78 is 0. The van der Waals surface area contributed by atoms with Crippen LogP contribution < -0.4 is 0 Å². The molecule has 1 aromatic rings. The third-order valence-electron chi connectivity index (χ3n) is 2.87. The first-order chi connectivity index (χ1) is 8.24. The molecule has 1 rings (SSSR count). The van der Waals surface area contributed by atoms with Gasteiger partial charge in [-0.15, -0.1) is 0 Å². The maximum Gasteiger partial charge on any atom is 0.272 e. The SMILES string of the molecule is CCC(CC)N(CCO)C(=O)c1ccccn1. The van der Waals surface area contributed by atoms with Gasteiger partial charge in [0.2, 0.25) is 0 Å². The summed E-state index contributed by atoms with van der Waals surface area (Å²) in [5.74, 6) is -0.103. The Bertz CT molecular complexity index is 337. The van der Waals surface area contributed by atoms with Crippen LogP contribution in [0.25, 0.3) is 0 Å². The fourth-order valence-corrected chi connectivity index (χ4v) is 1.92. The van der Waals surface area contributed by atoms with Gasteiger partial charge in [0.05, 0.1) is 6.61 Å². The van der Waals surface area contributed by atoms with Crippen LogP contribution in [0.15, 0.2) is 24.4 Å². The Morgan fingerprint density at radius 2 is 2.12 bits per heavy atom. The third-order valence-corrected chi connectivity index (χ3v) is 2.87. The molecule has 0 radical (unpaired) electrons. The molecule has 1 heterocycles. The largest absolute Gasteiger partial charge is 0.395 e. The van der Waals surface area contributed by atoms with E-state index in [1.165, 1.54) is 0 Å². The zero-order chi connectivity index (χ0) is 12.7. The highest BCUT2D eigenvalue weighted by molar-refractivity contribution is 5.92. The first-order valence-corrected chi connectivity index (χ1v) is 6.07. The fraction of sp³-hybridized carbons (Fsp3) is 0.538. The number of aliphatic hydroxyl groups excluding tert-OH is 1. The fourth-order valence-electron chi connectivity index (χ4n) is 1.92. The molecule has 0 saturated carbocycles.